The van der Waals surface area contributed by atoms with Crippen LogP contribution in [0.1, 0.15) is 38.7 Å². The number of carbonyl (C=O) groups excluding carboxylic acids is 1. The second-order valence-corrected chi connectivity index (χ2v) is 4.94. The highest BCUT2D eigenvalue weighted by molar-refractivity contribution is 5.79. The zero-order valence-electron chi connectivity index (χ0n) is 11.2. The summed E-state index contributed by atoms with van der Waals surface area (Å²) in [6.45, 7) is 4.81. The minimum atomic E-state index is -0.0375. The molecular weight excluding hydrogens is 226 g/mol. The first-order valence-electron chi connectivity index (χ1n) is 6.70. The Balaban J connectivity index is 2.05. The van der Waals surface area contributed by atoms with Crippen molar-refractivity contribution in [2.75, 3.05) is 6.61 Å². The molecule has 1 heterocycles. The van der Waals surface area contributed by atoms with Crippen molar-refractivity contribution in [3.8, 4) is 5.75 Å². The van der Waals surface area contributed by atoms with E-state index in [0.717, 1.165) is 25.0 Å². The van der Waals surface area contributed by atoms with Crippen molar-refractivity contribution in [2.45, 2.75) is 45.1 Å². The summed E-state index contributed by atoms with van der Waals surface area (Å²) in [4.78, 5) is 11.4. The fourth-order valence-corrected chi connectivity index (χ4v) is 2.56. The first-order chi connectivity index (χ1) is 8.67. The van der Waals surface area contributed by atoms with E-state index in [9.17, 15) is 4.79 Å². The smallest absolute Gasteiger partial charge is 0.220 e. The van der Waals surface area contributed by atoms with E-state index in [4.69, 9.17) is 4.74 Å². The quantitative estimate of drug-likeness (QED) is 0.868. The van der Waals surface area contributed by atoms with E-state index < -0.39 is 0 Å². The van der Waals surface area contributed by atoms with E-state index >= 15 is 0 Å². The topological polar surface area (TPSA) is 38.3 Å². The van der Waals surface area contributed by atoms with Gasteiger partial charge >= 0.3 is 0 Å². The maximum absolute atomic E-state index is 11.4. The molecule has 1 aromatic carbocycles. The third-order valence-corrected chi connectivity index (χ3v) is 3.69. The zero-order valence-corrected chi connectivity index (χ0v) is 11.2. The molecule has 3 heteroatoms. The van der Waals surface area contributed by atoms with E-state index in [1.807, 2.05) is 19.1 Å². The van der Waals surface area contributed by atoms with Crippen molar-refractivity contribution in [1.82, 2.24) is 5.32 Å². The largest absolute Gasteiger partial charge is 0.494 e. The van der Waals surface area contributed by atoms with Crippen LogP contribution in [0, 0.1) is 0 Å². The van der Waals surface area contributed by atoms with Crippen LogP contribution in [0.15, 0.2) is 24.3 Å². The minimum absolute atomic E-state index is 0.0375. The maximum Gasteiger partial charge on any atom is 0.220 e. The van der Waals surface area contributed by atoms with Gasteiger partial charge in [0.25, 0.3) is 0 Å². The fraction of sp³-hybridized carbons (Fsp3) is 0.533. The summed E-state index contributed by atoms with van der Waals surface area (Å²) in [6.07, 6.45) is 3.48. The fourth-order valence-electron chi connectivity index (χ4n) is 2.56. The minimum Gasteiger partial charge on any atom is -0.494 e. The van der Waals surface area contributed by atoms with Crippen LogP contribution >= 0.6 is 0 Å². The molecule has 0 aromatic heterocycles. The molecule has 0 bridgehead atoms. The normalized spacial score (nSPS) is 22.9. The molecule has 0 saturated carbocycles. The van der Waals surface area contributed by atoms with Gasteiger partial charge < -0.3 is 10.1 Å². The van der Waals surface area contributed by atoms with Gasteiger partial charge in [0, 0.05) is 12.0 Å². The first-order valence-corrected chi connectivity index (χ1v) is 6.70. The third kappa shape index (κ3) is 2.84. The molecule has 0 spiro atoms. The Labute approximate surface area is 109 Å². The van der Waals surface area contributed by atoms with Gasteiger partial charge in [-0.25, -0.2) is 0 Å². The number of nitrogens with one attached hydrogen (secondary N) is 1. The third-order valence-electron chi connectivity index (χ3n) is 3.69. The van der Waals surface area contributed by atoms with E-state index in [1.165, 1.54) is 5.56 Å². The summed E-state index contributed by atoms with van der Waals surface area (Å²) in [5, 5.41) is 3.14. The van der Waals surface area contributed by atoms with Gasteiger partial charge in [-0.3, -0.25) is 4.79 Å². The van der Waals surface area contributed by atoms with Crippen LogP contribution < -0.4 is 10.1 Å². The molecular formula is C15H21NO2. The standard InChI is InChI=1S/C15H21NO2/c1-3-15(10-9-14(17)16-15)11-12-5-7-13(8-6-12)18-4-2/h5-8H,3-4,9-11H2,1-2H3,(H,16,17). The predicted octanol–water partition coefficient (Wildman–Crippen LogP) is 2.69. The second kappa shape index (κ2) is 5.42. The van der Waals surface area contributed by atoms with Crippen LogP contribution in [0.5, 0.6) is 5.75 Å². The molecule has 1 unspecified atom stereocenters. The second-order valence-electron chi connectivity index (χ2n) is 4.94. The van der Waals surface area contributed by atoms with Crippen molar-refractivity contribution in [3.63, 3.8) is 0 Å². The number of rotatable bonds is 5. The molecule has 0 aliphatic carbocycles. The summed E-state index contributed by atoms with van der Waals surface area (Å²) in [6, 6.07) is 8.18. The van der Waals surface area contributed by atoms with Crippen molar-refractivity contribution >= 4 is 5.91 Å². The Hall–Kier alpha value is -1.51. The van der Waals surface area contributed by atoms with E-state index in [-0.39, 0.29) is 11.4 Å². The van der Waals surface area contributed by atoms with Gasteiger partial charge in [-0.15, -0.1) is 0 Å². The molecule has 98 valence electrons. The Morgan fingerprint density at radius 1 is 1.28 bits per heavy atom. The monoisotopic (exact) mass is 247 g/mol. The predicted molar refractivity (Wildman–Crippen MR) is 71.7 cm³/mol. The van der Waals surface area contributed by atoms with Crippen molar-refractivity contribution < 1.29 is 9.53 Å². The van der Waals surface area contributed by atoms with Gasteiger partial charge in [-0.1, -0.05) is 19.1 Å². The lowest BCUT2D eigenvalue weighted by molar-refractivity contribution is -0.119. The zero-order chi connectivity index (χ0) is 13.0. The van der Waals surface area contributed by atoms with E-state index in [0.29, 0.717) is 13.0 Å². The molecule has 1 N–H and O–H groups in total. The average Bonchev–Trinajstić information content (AvgIpc) is 2.74. The maximum atomic E-state index is 11.4. The van der Waals surface area contributed by atoms with Crippen LogP contribution in [0.25, 0.3) is 0 Å². The Morgan fingerprint density at radius 2 is 2.00 bits per heavy atom. The Morgan fingerprint density at radius 3 is 2.50 bits per heavy atom. The van der Waals surface area contributed by atoms with Crippen LogP contribution in [0.2, 0.25) is 0 Å². The summed E-state index contributed by atoms with van der Waals surface area (Å²) in [5.74, 6) is 1.09. The SMILES string of the molecule is CCOc1ccc(CC2(CC)CCC(=O)N2)cc1. The Bertz CT molecular complexity index is 413. The number of hydrogen-bond donors (Lipinski definition) is 1. The number of benzene rings is 1. The van der Waals surface area contributed by atoms with E-state index in [1.54, 1.807) is 0 Å². The lowest BCUT2D eigenvalue weighted by Gasteiger charge is -2.28. The van der Waals surface area contributed by atoms with Gasteiger partial charge in [0.2, 0.25) is 5.91 Å². The van der Waals surface area contributed by atoms with Crippen molar-refractivity contribution in [2.24, 2.45) is 0 Å². The van der Waals surface area contributed by atoms with Crippen molar-refractivity contribution in [1.29, 1.82) is 0 Å². The molecule has 1 aliphatic rings. The summed E-state index contributed by atoms with van der Waals surface area (Å²) in [5.41, 5.74) is 1.21. The van der Waals surface area contributed by atoms with Gasteiger partial charge in [-0.2, -0.15) is 0 Å². The summed E-state index contributed by atoms with van der Waals surface area (Å²) in [7, 11) is 0. The van der Waals surface area contributed by atoms with Gasteiger partial charge in [0.15, 0.2) is 0 Å². The summed E-state index contributed by atoms with van der Waals surface area (Å²) >= 11 is 0. The highest BCUT2D eigenvalue weighted by Crippen LogP contribution is 2.28. The molecule has 1 aliphatic heterocycles. The highest BCUT2D eigenvalue weighted by Gasteiger charge is 2.35. The Kier molecular flexibility index (Phi) is 3.90. The number of carbonyl (C=O) groups is 1. The molecule has 0 radical (unpaired) electrons. The van der Waals surface area contributed by atoms with Crippen LogP contribution in [-0.2, 0) is 11.2 Å². The first kappa shape index (κ1) is 12.9. The van der Waals surface area contributed by atoms with Gasteiger partial charge in [0.1, 0.15) is 5.75 Å². The molecule has 18 heavy (non-hydrogen) atoms. The molecule has 1 aromatic rings. The van der Waals surface area contributed by atoms with Crippen LogP contribution in [0.3, 0.4) is 0 Å². The highest BCUT2D eigenvalue weighted by atomic mass is 16.5. The number of ether oxygens (including phenoxy) is 1. The lowest BCUT2D eigenvalue weighted by Crippen LogP contribution is -2.42. The van der Waals surface area contributed by atoms with Gasteiger partial charge in [0.05, 0.1) is 6.61 Å². The van der Waals surface area contributed by atoms with Gasteiger partial charge in [-0.05, 0) is 43.9 Å². The van der Waals surface area contributed by atoms with E-state index in [2.05, 4.69) is 24.4 Å². The van der Waals surface area contributed by atoms with Crippen LogP contribution in [-0.4, -0.2) is 18.1 Å². The van der Waals surface area contributed by atoms with Crippen molar-refractivity contribution in [3.05, 3.63) is 29.8 Å². The summed E-state index contributed by atoms with van der Waals surface area (Å²) < 4.78 is 5.43. The molecule has 2 rings (SSSR count). The lowest BCUT2D eigenvalue weighted by atomic mass is 9.87. The molecule has 1 atom stereocenters. The average molecular weight is 247 g/mol. The molecule has 3 nitrogen and oxygen atoms in total. The molecule has 1 amide bonds. The number of amides is 1. The number of hydrogen-bond acceptors (Lipinski definition) is 2. The van der Waals surface area contributed by atoms with Crippen LogP contribution in [0.4, 0.5) is 0 Å². The molecule has 1 fully saturated rings. The molecule has 1 saturated heterocycles.